The van der Waals surface area contributed by atoms with Crippen molar-refractivity contribution in [2.45, 2.75) is 77.3 Å². The molecular weight excluding hydrogens is 258 g/mol. The Morgan fingerprint density at radius 2 is 1.57 bits per heavy atom. The second-order valence-electron chi connectivity index (χ2n) is 8.05. The third kappa shape index (κ3) is 6.66. The normalized spacial score (nSPS) is 23.6. The summed E-state index contributed by atoms with van der Waals surface area (Å²) in [5.74, 6) is 0. The number of hydrogen-bond acceptors (Lipinski definition) is 3. The fourth-order valence-electron chi connectivity index (χ4n) is 3.72. The maximum absolute atomic E-state index is 3.58. The zero-order valence-electron chi connectivity index (χ0n) is 14.7. The maximum atomic E-state index is 3.58. The zero-order chi connectivity index (χ0) is 15.1. The van der Waals surface area contributed by atoms with Gasteiger partial charge in [-0.3, -0.25) is 0 Å². The molecule has 0 bridgehead atoms. The molecule has 0 aromatic rings. The van der Waals surface area contributed by atoms with Crippen LogP contribution >= 0.6 is 0 Å². The summed E-state index contributed by atoms with van der Waals surface area (Å²) in [6.07, 6.45) is 9.78. The van der Waals surface area contributed by atoms with Gasteiger partial charge < -0.3 is 15.1 Å². The van der Waals surface area contributed by atoms with Gasteiger partial charge in [-0.05, 0) is 98.6 Å². The first-order chi connectivity index (χ1) is 10.0. The first-order valence-corrected chi connectivity index (χ1v) is 9.26. The molecule has 0 unspecified atom stereocenters. The van der Waals surface area contributed by atoms with Crippen LogP contribution < -0.4 is 5.32 Å². The molecule has 2 aliphatic rings. The molecule has 124 valence electrons. The van der Waals surface area contributed by atoms with Gasteiger partial charge in [-0.2, -0.15) is 0 Å². The van der Waals surface area contributed by atoms with E-state index in [4.69, 9.17) is 0 Å². The van der Waals surface area contributed by atoms with E-state index in [0.717, 1.165) is 12.6 Å². The summed E-state index contributed by atoms with van der Waals surface area (Å²) < 4.78 is 0. The van der Waals surface area contributed by atoms with Gasteiger partial charge in [-0.25, -0.2) is 0 Å². The molecule has 0 saturated carbocycles. The van der Waals surface area contributed by atoms with Crippen LogP contribution in [0.1, 0.15) is 65.7 Å². The lowest BCUT2D eigenvalue weighted by molar-refractivity contribution is 0.0918. The topological polar surface area (TPSA) is 18.5 Å². The number of nitrogens with zero attached hydrogens (tertiary/aromatic N) is 2. The van der Waals surface area contributed by atoms with Crippen molar-refractivity contribution in [1.82, 2.24) is 15.1 Å². The van der Waals surface area contributed by atoms with Crippen molar-refractivity contribution in [3.05, 3.63) is 0 Å². The summed E-state index contributed by atoms with van der Waals surface area (Å²) in [5.41, 5.74) is 0.271. The largest absolute Gasteiger partial charge is 0.312 e. The Hall–Kier alpha value is -0.120. The highest BCUT2D eigenvalue weighted by Gasteiger charge is 2.25. The van der Waals surface area contributed by atoms with Crippen molar-refractivity contribution >= 4 is 0 Å². The number of piperidine rings is 2. The minimum atomic E-state index is 0.271. The molecule has 0 aromatic carbocycles. The van der Waals surface area contributed by atoms with Gasteiger partial charge in [-0.15, -0.1) is 0 Å². The van der Waals surface area contributed by atoms with E-state index in [1.165, 1.54) is 77.7 Å². The Kier molecular flexibility index (Phi) is 6.97. The first kappa shape index (κ1) is 17.2. The summed E-state index contributed by atoms with van der Waals surface area (Å²) >= 11 is 0. The SMILES string of the molecule is CC(C)(C)NCCCCN1CCC(N2CCCCC2)CC1. The summed E-state index contributed by atoms with van der Waals surface area (Å²) in [6, 6.07) is 0.893. The number of unbranched alkanes of at least 4 members (excludes halogenated alkanes) is 1. The van der Waals surface area contributed by atoms with Gasteiger partial charge in [0, 0.05) is 11.6 Å². The Bertz CT molecular complexity index is 271. The summed E-state index contributed by atoms with van der Waals surface area (Å²) in [7, 11) is 0. The summed E-state index contributed by atoms with van der Waals surface area (Å²) in [4.78, 5) is 5.46. The van der Waals surface area contributed by atoms with E-state index >= 15 is 0 Å². The van der Waals surface area contributed by atoms with Crippen LogP contribution in [0.2, 0.25) is 0 Å². The van der Waals surface area contributed by atoms with E-state index in [0.29, 0.717) is 0 Å². The Morgan fingerprint density at radius 3 is 2.19 bits per heavy atom. The lowest BCUT2D eigenvalue weighted by atomic mass is 10.00. The molecule has 0 aliphatic carbocycles. The molecule has 0 spiro atoms. The number of likely N-dealkylation sites (tertiary alicyclic amines) is 2. The van der Waals surface area contributed by atoms with Crippen LogP contribution in [-0.2, 0) is 0 Å². The van der Waals surface area contributed by atoms with Crippen LogP contribution in [0.4, 0.5) is 0 Å². The fourth-order valence-corrected chi connectivity index (χ4v) is 3.72. The molecule has 0 aromatic heterocycles. The van der Waals surface area contributed by atoms with Crippen LogP contribution in [0.15, 0.2) is 0 Å². The average molecular weight is 296 g/mol. The molecule has 21 heavy (non-hydrogen) atoms. The van der Waals surface area contributed by atoms with E-state index in [2.05, 4.69) is 35.9 Å². The van der Waals surface area contributed by atoms with Crippen LogP contribution in [0.3, 0.4) is 0 Å². The molecule has 2 heterocycles. The van der Waals surface area contributed by atoms with Crippen molar-refractivity contribution in [1.29, 1.82) is 0 Å². The predicted octanol–water partition coefficient (Wildman–Crippen LogP) is 3.11. The Labute approximate surface area is 132 Å². The van der Waals surface area contributed by atoms with E-state index in [-0.39, 0.29) is 5.54 Å². The quantitative estimate of drug-likeness (QED) is 0.760. The van der Waals surface area contributed by atoms with Crippen molar-refractivity contribution in [3.8, 4) is 0 Å². The predicted molar refractivity (Wildman–Crippen MR) is 91.9 cm³/mol. The standard InChI is InChI=1S/C18H37N3/c1-18(2,3)19-11-5-8-12-20-15-9-17(10-16-20)21-13-6-4-7-14-21/h17,19H,4-16H2,1-3H3. The smallest absolute Gasteiger partial charge is 0.0120 e. The van der Waals surface area contributed by atoms with Crippen LogP contribution in [0.5, 0.6) is 0 Å². The monoisotopic (exact) mass is 295 g/mol. The van der Waals surface area contributed by atoms with Crippen molar-refractivity contribution in [3.63, 3.8) is 0 Å². The summed E-state index contributed by atoms with van der Waals surface area (Å²) in [5, 5.41) is 3.58. The number of rotatable bonds is 6. The minimum Gasteiger partial charge on any atom is -0.312 e. The lowest BCUT2D eigenvalue weighted by Crippen LogP contribution is -2.46. The molecule has 0 radical (unpaired) electrons. The highest BCUT2D eigenvalue weighted by atomic mass is 15.2. The molecule has 2 rings (SSSR count). The molecule has 0 amide bonds. The molecule has 0 atom stereocenters. The highest BCUT2D eigenvalue weighted by Crippen LogP contribution is 2.20. The average Bonchev–Trinajstić information content (AvgIpc) is 2.47. The Balaban J connectivity index is 1.53. The number of hydrogen-bond donors (Lipinski definition) is 1. The first-order valence-electron chi connectivity index (χ1n) is 9.26. The van der Waals surface area contributed by atoms with E-state index < -0.39 is 0 Å². The van der Waals surface area contributed by atoms with E-state index in [1.54, 1.807) is 0 Å². The van der Waals surface area contributed by atoms with Gasteiger partial charge in [0.1, 0.15) is 0 Å². The third-order valence-corrected chi connectivity index (χ3v) is 5.02. The van der Waals surface area contributed by atoms with Crippen molar-refractivity contribution < 1.29 is 0 Å². The van der Waals surface area contributed by atoms with Crippen molar-refractivity contribution in [2.24, 2.45) is 0 Å². The second-order valence-corrected chi connectivity index (χ2v) is 8.05. The fraction of sp³-hybridized carbons (Fsp3) is 1.00. The lowest BCUT2D eigenvalue weighted by Gasteiger charge is -2.40. The van der Waals surface area contributed by atoms with Gasteiger partial charge in [0.2, 0.25) is 0 Å². The molecule has 2 saturated heterocycles. The van der Waals surface area contributed by atoms with Crippen LogP contribution in [0.25, 0.3) is 0 Å². The van der Waals surface area contributed by atoms with Gasteiger partial charge in [0.25, 0.3) is 0 Å². The van der Waals surface area contributed by atoms with E-state index in [9.17, 15) is 0 Å². The highest BCUT2D eigenvalue weighted by molar-refractivity contribution is 4.81. The van der Waals surface area contributed by atoms with Gasteiger partial charge in [0.15, 0.2) is 0 Å². The summed E-state index contributed by atoms with van der Waals surface area (Å²) in [6.45, 7) is 14.6. The van der Waals surface area contributed by atoms with Gasteiger partial charge in [0.05, 0.1) is 0 Å². The van der Waals surface area contributed by atoms with Crippen LogP contribution in [0, 0.1) is 0 Å². The van der Waals surface area contributed by atoms with Gasteiger partial charge >= 0.3 is 0 Å². The molecule has 2 fully saturated rings. The molecular formula is C18H37N3. The second kappa shape index (κ2) is 8.50. The zero-order valence-corrected chi connectivity index (χ0v) is 14.7. The minimum absolute atomic E-state index is 0.271. The maximum Gasteiger partial charge on any atom is 0.0120 e. The van der Waals surface area contributed by atoms with E-state index in [1.807, 2.05) is 0 Å². The molecule has 3 heteroatoms. The van der Waals surface area contributed by atoms with Crippen molar-refractivity contribution in [2.75, 3.05) is 39.3 Å². The molecule has 2 aliphatic heterocycles. The Morgan fingerprint density at radius 1 is 0.905 bits per heavy atom. The number of nitrogens with one attached hydrogen (secondary N) is 1. The third-order valence-electron chi connectivity index (χ3n) is 5.02. The van der Waals surface area contributed by atoms with Crippen LogP contribution in [-0.4, -0.2) is 60.6 Å². The molecule has 3 nitrogen and oxygen atoms in total. The van der Waals surface area contributed by atoms with Gasteiger partial charge in [-0.1, -0.05) is 6.42 Å². The molecule has 1 N–H and O–H groups in total.